The molecule has 1 aromatic carbocycles. The maximum absolute atomic E-state index is 9.53. The number of piperidine rings is 1. The van der Waals surface area contributed by atoms with Crippen LogP contribution in [0.1, 0.15) is 38.3 Å². The van der Waals surface area contributed by atoms with E-state index in [2.05, 4.69) is 31.1 Å². The third-order valence-corrected chi connectivity index (χ3v) is 4.12. The minimum atomic E-state index is 0.111. The Hall–Kier alpha value is -1.26. The van der Waals surface area contributed by atoms with E-state index in [1.54, 1.807) is 12.1 Å². The van der Waals surface area contributed by atoms with Gasteiger partial charge in [0, 0.05) is 24.2 Å². The molecule has 3 N–H and O–H groups in total. The molecule has 3 unspecified atom stereocenters. The zero-order chi connectivity index (χ0) is 14.0. The van der Waals surface area contributed by atoms with Gasteiger partial charge < -0.3 is 20.4 Å². The normalized spacial score (nSPS) is 26.3. The van der Waals surface area contributed by atoms with Crippen LogP contribution in [0.5, 0.6) is 11.5 Å². The molecule has 3 atom stereocenters. The van der Waals surface area contributed by atoms with Crippen molar-refractivity contribution in [2.24, 2.45) is 0 Å². The van der Waals surface area contributed by atoms with Crippen molar-refractivity contribution in [1.29, 1.82) is 0 Å². The summed E-state index contributed by atoms with van der Waals surface area (Å²) in [7, 11) is 2.16. The Morgan fingerprint density at radius 2 is 1.89 bits per heavy atom. The number of hydrogen-bond donors (Lipinski definition) is 3. The highest BCUT2D eigenvalue weighted by atomic mass is 16.3. The minimum Gasteiger partial charge on any atom is -0.508 e. The Morgan fingerprint density at radius 1 is 1.26 bits per heavy atom. The van der Waals surface area contributed by atoms with Gasteiger partial charge in [0.1, 0.15) is 11.5 Å². The Kier molecular flexibility index (Phi) is 4.32. The molecule has 1 aliphatic rings. The van der Waals surface area contributed by atoms with Gasteiger partial charge in [0.05, 0.1) is 0 Å². The van der Waals surface area contributed by atoms with E-state index in [-0.39, 0.29) is 17.5 Å². The molecule has 0 bridgehead atoms. The molecule has 2 rings (SSSR count). The van der Waals surface area contributed by atoms with Crippen molar-refractivity contribution in [3.8, 4) is 11.5 Å². The van der Waals surface area contributed by atoms with E-state index in [0.717, 1.165) is 24.9 Å². The van der Waals surface area contributed by atoms with Crippen LogP contribution in [0.4, 0.5) is 0 Å². The summed E-state index contributed by atoms with van der Waals surface area (Å²) in [6.07, 6.45) is 2.27. The van der Waals surface area contributed by atoms with E-state index in [0.29, 0.717) is 12.1 Å². The Morgan fingerprint density at radius 3 is 2.47 bits per heavy atom. The lowest BCUT2D eigenvalue weighted by molar-refractivity contribution is 0.163. The molecular formula is C15H24N2O2. The highest BCUT2D eigenvalue weighted by Gasteiger charge is 2.24. The van der Waals surface area contributed by atoms with Gasteiger partial charge in [0.2, 0.25) is 0 Å². The predicted octanol–water partition coefficient (Wildman–Crippen LogP) is 2.23. The maximum atomic E-state index is 9.53. The molecule has 4 nitrogen and oxygen atoms in total. The second kappa shape index (κ2) is 5.80. The number of benzene rings is 1. The zero-order valence-electron chi connectivity index (χ0n) is 11.9. The lowest BCUT2D eigenvalue weighted by Gasteiger charge is -2.36. The van der Waals surface area contributed by atoms with Gasteiger partial charge in [-0.15, -0.1) is 0 Å². The molecule has 1 aromatic rings. The Balaban J connectivity index is 1.99. The number of nitrogens with one attached hydrogen (secondary N) is 1. The van der Waals surface area contributed by atoms with Crippen LogP contribution in [0, 0.1) is 0 Å². The molecule has 0 saturated carbocycles. The van der Waals surface area contributed by atoms with E-state index in [1.165, 1.54) is 6.07 Å². The number of nitrogens with zero attached hydrogens (tertiary/aromatic N) is 1. The van der Waals surface area contributed by atoms with Crippen LogP contribution in [0.15, 0.2) is 18.2 Å². The third-order valence-electron chi connectivity index (χ3n) is 4.12. The molecule has 0 aromatic heterocycles. The van der Waals surface area contributed by atoms with Gasteiger partial charge in [0.25, 0.3) is 0 Å². The average Bonchev–Trinajstić information content (AvgIpc) is 2.32. The summed E-state index contributed by atoms with van der Waals surface area (Å²) in [4.78, 5) is 2.38. The van der Waals surface area contributed by atoms with Crippen molar-refractivity contribution in [2.45, 2.75) is 44.8 Å². The molecule has 0 radical (unpaired) electrons. The summed E-state index contributed by atoms with van der Waals surface area (Å²) < 4.78 is 0. The monoisotopic (exact) mass is 264 g/mol. The smallest absolute Gasteiger partial charge is 0.119 e. The zero-order valence-corrected chi connectivity index (χ0v) is 11.9. The summed E-state index contributed by atoms with van der Waals surface area (Å²) in [5.74, 6) is 0.223. The van der Waals surface area contributed by atoms with Crippen LogP contribution in [-0.4, -0.2) is 40.8 Å². The number of aromatic hydroxyl groups is 2. The van der Waals surface area contributed by atoms with Crippen molar-refractivity contribution in [1.82, 2.24) is 10.2 Å². The predicted molar refractivity (Wildman–Crippen MR) is 76.4 cm³/mol. The molecule has 4 heteroatoms. The summed E-state index contributed by atoms with van der Waals surface area (Å²) in [5, 5.41) is 22.7. The minimum absolute atomic E-state index is 0.111. The number of phenolic OH excluding ortho intramolecular Hbond substituents is 2. The van der Waals surface area contributed by atoms with E-state index in [9.17, 15) is 10.2 Å². The second-order valence-electron chi connectivity index (χ2n) is 5.72. The lowest BCUT2D eigenvalue weighted by Crippen LogP contribution is -2.46. The molecule has 1 saturated heterocycles. The molecule has 106 valence electrons. The Labute approximate surface area is 115 Å². The molecule has 1 fully saturated rings. The fraction of sp³-hybridized carbons (Fsp3) is 0.600. The number of rotatable bonds is 3. The number of likely N-dealkylation sites (tertiary alicyclic amines) is 1. The van der Waals surface area contributed by atoms with Crippen LogP contribution in [0.3, 0.4) is 0 Å². The summed E-state index contributed by atoms with van der Waals surface area (Å²) in [6.45, 7) is 5.42. The molecule has 0 aliphatic carbocycles. The van der Waals surface area contributed by atoms with E-state index < -0.39 is 0 Å². The van der Waals surface area contributed by atoms with Gasteiger partial charge in [-0.05, 0) is 58.0 Å². The van der Waals surface area contributed by atoms with Crippen molar-refractivity contribution in [3.05, 3.63) is 23.8 Å². The van der Waals surface area contributed by atoms with E-state index in [4.69, 9.17) is 0 Å². The summed E-state index contributed by atoms with van der Waals surface area (Å²) >= 11 is 0. The van der Waals surface area contributed by atoms with Crippen molar-refractivity contribution in [2.75, 3.05) is 13.6 Å². The quantitative estimate of drug-likeness (QED) is 0.783. The van der Waals surface area contributed by atoms with Crippen molar-refractivity contribution >= 4 is 0 Å². The topological polar surface area (TPSA) is 55.7 Å². The molecule has 1 heterocycles. The first-order valence-electron chi connectivity index (χ1n) is 6.95. The average molecular weight is 264 g/mol. The van der Waals surface area contributed by atoms with E-state index >= 15 is 0 Å². The van der Waals surface area contributed by atoms with Gasteiger partial charge in [-0.25, -0.2) is 0 Å². The molecule has 1 aliphatic heterocycles. The summed E-state index contributed by atoms with van der Waals surface area (Å²) in [5.41, 5.74) is 0.920. The third kappa shape index (κ3) is 3.61. The fourth-order valence-corrected chi connectivity index (χ4v) is 2.76. The van der Waals surface area contributed by atoms with Gasteiger partial charge in [-0.3, -0.25) is 0 Å². The SMILES string of the molecule is CC(NC1CCN(C)C(C)C1)c1cc(O)cc(O)c1. The van der Waals surface area contributed by atoms with Crippen molar-refractivity contribution in [3.63, 3.8) is 0 Å². The van der Waals surface area contributed by atoms with Gasteiger partial charge in [-0.2, -0.15) is 0 Å². The first kappa shape index (κ1) is 14.2. The molecule has 0 spiro atoms. The lowest BCUT2D eigenvalue weighted by atomic mass is 9.97. The highest BCUT2D eigenvalue weighted by Crippen LogP contribution is 2.26. The first-order chi connectivity index (χ1) is 8.95. The van der Waals surface area contributed by atoms with Crippen LogP contribution in [0.25, 0.3) is 0 Å². The van der Waals surface area contributed by atoms with Crippen LogP contribution in [0.2, 0.25) is 0 Å². The summed E-state index contributed by atoms with van der Waals surface area (Å²) in [6, 6.07) is 5.97. The fourth-order valence-electron chi connectivity index (χ4n) is 2.76. The Bertz CT molecular complexity index is 416. The second-order valence-corrected chi connectivity index (χ2v) is 5.72. The number of phenols is 2. The largest absolute Gasteiger partial charge is 0.508 e. The van der Waals surface area contributed by atoms with Gasteiger partial charge in [-0.1, -0.05) is 0 Å². The van der Waals surface area contributed by atoms with Crippen LogP contribution in [-0.2, 0) is 0 Å². The standard InChI is InChI=1S/C15H24N2O2/c1-10-6-13(4-5-17(10)3)16-11(2)12-7-14(18)9-15(19)8-12/h7-11,13,16,18-19H,4-6H2,1-3H3. The van der Waals surface area contributed by atoms with Gasteiger partial charge >= 0.3 is 0 Å². The maximum Gasteiger partial charge on any atom is 0.119 e. The molecule has 0 amide bonds. The first-order valence-corrected chi connectivity index (χ1v) is 6.95. The van der Waals surface area contributed by atoms with Gasteiger partial charge in [0.15, 0.2) is 0 Å². The van der Waals surface area contributed by atoms with E-state index in [1.807, 2.05) is 0 Å². The molecule has 19 heavy (non-hydrogen) atoms. The molecular weight excluding hydrogens is 240 g/mol. The van der Waals surface area contributed by atoms with Crippen LogP contribution < -0.4 is 5.32 Å². The van der Waals surface area contributed by atoms with Crippen molar-refractivity contribution < 1.29 is 10.2 Å². The van der Waals surface area contributed by atoms with Crippen LogP contribution >= 0.6 is 0 Å². The highest BCUT2D eigenvalue weighted by molar-refractivity contribution is 5.37. The number of hydrogen-bond acceptors (Lipinski definition) is 4.